The standard InChI is InChI=1S/C26H21N3O6S/c1-13-18(25(33)35-4)20(14-9-11-15(12-10-14)24(32)34-3)29-23(31)21(36-26(29)27-13)19-16-7-5-6-8-17(16)28(2)22(19)30/h5-12,20H,1-4H3/b21-19-. The Morgan fingerprint density at radius 3 is 2.31 bits per heavy atom. The fourth-order valence-corrected chi connectivity index (χ4v) is 5.70. The summed E-state index contributed by atoms with van der Waals surface area (Å²) in [7, 11) is 4.21. The molecule has 3 heterocycles. The van der Waals surface area contributed by atoms with Crippen LogP contribution < -0.4 is 19.8 Å². The number of methoxy groups -OCH3 is 2. The first kappa shape index (κ1) is 23.4. The average molecular weight is 504 g/mol. The molecule has 5 rings (SSSR count). The van der Waals surface area contributed by atoms with Crippen LogP contribution in [-0.4, -0.2) is 43.7 Å². The van der Waals surface area contributed by atoms with E-state index in [0.717, 1.165) is 11.3 Å². The van der Waals surface area contributed by atoms with Gasteiger partial charge >= 0.3 is 11.9 Å². The first-order valence-corrected chi connectivity index (χ1v) is 11.8. The van der Waals surface area contributed by atoms with Gasteiger partial charge in [-0.15, -0.1) is 0 Å². The molecule has 182 valence electrons. The molecule has 0 bridgehead atoms. The molecule has 9 nitrogen and oxygen atoms in total. The summed E-state index contributed by atoms with van der Waals surface area (Å²) in [5.41, 5.74) is 2.74. The molecule has 1 atom stereocenters. The van der Waals surface area contributed by atoms with E-state index >= 15 is 0 Å². The second-order valence-corrected chi connectivity index (χ2v) is 9.24. The molecule has 1 aromatic heterocycles. The quantitative estimate of drug-likeness (QED) is 0.502. The number of esters is 2. The number of para-hydroxylation sites is 1. The summed E-state index contributed by atoms with van der Waals surface area (Å²) >= 11 is 1.10. The molecule has 0 saturated heterocycles. The Kier molecular flexibility index (Phi) is 5.68. The molecule has 2 aliphatic rings. The Morgan fingerprint density at radius 2 is 1.64 bits per heavy atom. The van der Waals surface area contributed by atoms with Crippen LogP contribution in [0.25, 0.3) is 5.57 Å². The number of allylic oxidation sites excluding steroid dienone is 1. The highest BCUT2D eigenvalue weighted by Gasteiger charge is 2.36. The summed E-state index contributed by atoms with van der Waals surface area (Å²) in [6.07, 6.45) is 0. The summed E-state index contributed by atoms with van der Waals surface area (Å²) < 4.78 is 11.4. The average Bonchev–Trinajstić information content (AvgIpc) is 3.34. The summed E-state index contributed by atoms with van der Waals surface area (Å²) in [6, 6.07) is 12.8. The molecule has 3 aromatic rings. The molecule has 0 aliphatic carbocycles. The number of fused-ring (bicyclic) bond motifs is 2. The number of ether oxygens (including phenoxy) is 2. The van der Waals surface area contributed by atoms with Crippen molar-refractivity contribution in [2.45, 2.75) is 13.0 Å². The third-order valence-electron chi connectivity index (χ3n) is 6.33. The second kappa shape index (κ2) is 8.72. The Labute approximate surface area is 209 Å². The van der Waals surface area contributed by atoms with E-state index in [2.05, 4.69) is 4.99 Å². The van der Waals surface area contributed by atoms with Crippen LogP contribution in [0.1, 0.15) is 34.5 Å². The van der Waals surface area contributed by atoms with E-state index in [1.165, 1.54) is 23.7 Å². The number of hydrogen-bond donors (Lipinski definition) is 0. The van der Waals surface area contributed by atoms with Gasteiger partial charge in [-0.1, -0.05) is 41.7 Å². The van der Waals surface area contributed by atoms with Crippen molar-refractivity contribution in [1.82, 2.24) is 4.57 Å². The summed E-state index contributed by atoms with van der Waals surface area (Å²) in [5, 5.41) is 0. The fourth-order valence-electron chi connectivity index (χ4n) is 4.57. The van der Waals surface area contributed by atoms with Gasteiger partial charge in [0.05, 0.1) is 48.4 Å². The molecule has 0 saturated carbocycles. The zero-order valence-electron chi connectivity index (χ0n) is 19.9. The van der Waals surface area contributed by atoms with Crippen LogP contribution in [0.5, 0.6) is 0 Å². The number of rotatable bonds is 3. The third kappa shape index (κ3) is 3.41. The van der Waals surface area contributed by atoms with Crippen molar-refractivity contribution in [3.8, 4) is 0 Å². The van der Waals surface area contributed by atoms with Gasteiger partial charge in [-0.25, -0.2) is 14.6 Å². The van der Waals surface area contributed by atoms with E-state index in [1.54, 1.807) is 44.3 Å². The highest BCUT2D eigenvalue weighted by atomic mass is 32.1. The molecular formula is C26H21N3O6S. The number of thiazole rings is 1. The highest BCUT2D eigenvalue weighted by molar-refractivity contribution is 7.07. The molecule has 0 spiro atoms. The fraction of sp³-hybridized carbons (Fsp3) is 0.192. The van der Waals surface area contributed by atoms with Gasteiger partial charge < -0.3 is 14.4 Å². The van der Waals surface area contributed by atoms with Crippen molar-refractivity contribution in [2.24, 2.45) is 4.99 Å². The van der Waals surface area contributed by atoms with Crippen molar-refractivity contribution in [3.05, 3.63) is 96.2 Å². The molecule has 1 unspecified atom stereocenters. The van der Waals surface area contributed by atoms with Crippen molar-refractivity contribution in [3.63, 3.8) is 0 Å². The minimum absolute atomic E-state index is 0.197. The SMILES string of the molecule is COC(=O)C1=C(C)N=c2s/c(=C3\C(=O)N(C)c4ccccc43)c(=O)n2C1c1ccc(C(=O)OC)cc1. The van der Waals surface area contributed by atoms with Crippen molar-refractivity contribution < 1.29 is 23.9 Å². The normalized spacial score (nSPS) is 17.9. The molecule has 10 heteroatoms. The van der Waals surface area contributed by atoms with Crippen molar-refractivity contribution in [2.75, 3.05) is 26.2 Å². The number of amides is 1. The van der Waals surface area contributed by atoms with Gasteiger partial charge in [-0.2, -0.15) is 0 Å². The van der Waals surface area contributed by atoms with Crippen LogP contribution in [0.4, 0.5) is 5.69 Å². The summed E-state index contributed by atoms with van der Waals surface area (Å²) in [6.45, 7) is 1.67. The van der Waals surface area contributed by atoms with Gasteiger partial charge in [0.2, 0.25) is 0 Å². The Balaban J connectivity index is 1.80. The lowest BCUT2D eigenvalue weighted by Gasteiger charge is -2.24. The maximum atomic E-state index is 13.9. The maximum absolute atomic E-state index is 13.9. The zero-order chi connectivity index (χ0) is 25.7. The van der Waals surface area contributed by atoms with Crippen LogP contribution >= 0.6 is 11.3 Å². The molecular weight excluding hydrogens is 482 g/mol. The lowest BCUT2D eigenvalue weighted by atomic mass is 9.95. The zero-order valence-corrected chi connectivity index (χ0v) is 20.7. The van der Waals surface area contributed by atoms with E-state index in [9.17, 15) is 19.2 Å². The van der Waals surface area contributed by atoms with E-state index in [-0.39, 0.29) is 16.0 Å². The van der Waals surface area contributed by atoms with E-state index < -0.39 is 23.5 Å². The van der Waals surface area contributed by atoms with Gasteiger partial charge in [0, 0.05) is 12.6 Å². The minimum atomic E-state index is -0.862. The van der Waals surface area contributed by atoms with Gasteiger partial charge in [0.15, 0.2) is 4.80 Å². The number of nitrogens with zero attached hydrogens (tertiary/aromatic N) is 3. The van der Waals surface area contributed by atoms with Crippen LogP contribution in [0.2, 0.25) is 0 Å². The predicted octanol–water partition coefficient (Wildman–Crippen LogP) is 1.54. The number of carbonyl (C=O) groups excluding carboxylic acids is 3. The maximum Gasteiger partial charge on any atom is 0.338 e. The van der Waals surface area contributed by atoms with Gasteiger partial charge in [0.1, 0.15) is 4.53 Å². The van der Waals surface area contributed by atoms with E-state index in [0.29, 0.717) is 38.4 Å². The molecule has 0 N–H and O–H groups in total. The Morgan fingerprint density at radius 1 is 0.972 bits per heavy atom. The van der Waals surface area contributed by atoms with Gasteiger partial charge in [0.25, 0.3) is 11.5 Å². The smallest absolute Gasteiger partial charge is 0.338 e. The molecule has 0 fully saturated rings. The Bertz CT molecular complexity index is 1660. The minimum Gasteiger partial charge on any atom is -0.466 e. The van der Waals surface area contributed by atoms with Crippen LogP contribution in [0, 0.1) is 0 Å². The molecule has 2 aromatic carbocycles. The van der Waals surface area contributed by atoms with E-state index in [1.807, 2.05) is 18.2 Å². The number of hydrogen-bond acceptors (Lipinski definition) is 8. The molecule has 0 radical (unpaired) electrons. The van der Waals surface area contributed by atoms with Crippen LogP contribution in [-0.2, 0) is 19.1 Å². The first-order valence-electron chi connectivity index (χ1n) is 11.0. The topological polar surface area (TPSA) is 107 Å². The molecule has 1 amide bonds. The largest absolute Gasteiger partial charge is 0.466 e. The first-order chi connectivity index (χ1) is 17.3. The summed E-state index contributed by atoms with van der Waals surface area (Å²) in [4.78, 5) is 58.2. The van der Waals surface area contributed by atoms with E-state index in [4.69, 9.17) is 9.47 Å². The number of aromatic nitrogens is 1. The highest BCUT2D eigenvalue weighted by Crippen LogP contribution is 2.34. The second-order valence-electron chi connectivity index (χ2n) is 8.26. The predicted molar refractivity (Wildman–Crippen MR) is 132 cm³/mol. The number of benzene rings is 2. The van der Waals surface area contributed by atoms with Crippen LogP contribution in [0.3, 0.4) is 0 Å². The molecule has 2 aliphatic heterocycles. The number of anilines is 1. The van der Waals surface area contributed by atoms with Crippen molar-refractivity contribution in [1.29, 1.82) is 0 Å². The van der Waals surface area contributed by atoms with Gasteiger partial charge in [-0.3, -0.25) is 14.2 Å². The molecule has 36 heavy (non-hydrogen) atoms. The van der Waals surface area contributed by atoms with Crippen LogP contribution in [0.15, 0.2) is 69.6 Å². The summed E-state index contributed by atoms with van der Waals surface area (Å²) in [5.74, 6) is -1.42. The number of likely N-dealkylation sites (N-methyl/N-ethyl adjacent to an activating group) is 1. The van der Waals surface area contributed by atoms with Gasteiger partial charge in [-0.05, 0) is 30.7 Å². The Hall–Kier alpha value is -4.31. The number of carbonyl (C=O) groups is 3. The lowest BCUT2D eigenvalue weighted by molar-refractivity contribution is -0.136. The van der Waals surface area contributed by atoms with Crippen molar-refractivity contribution >= 4 is 40.4 Å². The lowest BCUT2D eigenvalue weighted by Crippen LogP contribution is -2.40. The third-order valence-corrected chi connectivity index (χ3v) is 7.38. The monoisotopic (exact) mass is 503 g/mol.